The molecule has 0 aliphatic rings. The molecular formula is C13H17FO2. The summed E-state index contributed by atoms with van der Waals surface area (Å²) >= 11 is 0. The Balaban J connectivity index is 2.90. The van der Waals surface area contributed by atoms with Crippen LogP contribution in [0.25, 0.3) is 0 Å². The van der Waals surface area contributed by atoms with Gasteiger partial charge in [-0.05, 0) is 38.5 Å². The zero-order chi connectivity index (χ0) is 12.1. The molecule has 16 heavy (non-hydrogen) atoms. The summed E-state index contributed by atoms with van der Waals surface area (Å²) in [7, 11) is 0. The second kappa shape index (κ2) is 5.64. The molecule has 88 valence electrons. The van der Waals surface area contributed by atoms with Crippen LogP contribution in [0.5, 0.6) is 5.75 Å². The highest BCUT2D eigenvalue weighted by molar-refractivity contribution is 5.96. The molecule has 1 rings (SSSR count). The predicted octanol–water partition coefficient (Wildman–Crippen LogP) is 3.60. The van der Waals surface area contributed by atoms with E-state index in [2.05, 4.69) is 6.92 Å². The summed E-state index contributed by atoms with van der Waals surface area (Å²) in [5.41, 5.74) is 0.308. The third-order valence-corrected chi connectivity index (χ3v) is 2.34. The minimum Gasteiger partial charge on any atom is -0.490 e. The normalized spacial score (nSPS) is 12.2. The van der Waals surface area contributed by atoms with Gasteiger partial charge in [-0.1, -0.05) is 13.3 Å². The molecule has 1 unspecified atom stereocenters. The van der Waals surface area contributed by atoms with Crippen molar-refractivity contribution < 1.29 is 13.9 Å². The summed E-state index contributed by atoms with van der Waals surface area (Å²) in [5.74, 6) is -0.131. The predicted molar refractivity (Wildman–Crippen MR) is 61.4 cm³/mol. The highest BCUT2D eigenvalue weighted by Gasteiger charge is 2.12. The van der Waals surface area contributed by atoms with Gasteiger partial charge in [-0.25, -0.2) is 4.39 Å². The standard InChI is InChI=1S/C13H17FO2/c1-4-5-9(2)16-13-7-6-11(14)8-12(13)10(3)15/h6-9H,4-5H2,1-3H3. The smallest absolute Gasteiger partial charge is 0.163 e. The number of Topliss-reactive ketones (excluding diaryl/α,β-unsaturated/α-hetero) is 1. The van der Waals surface area contributed by atoms with Gasteiger partial charge in [0.05, 0.1) is 11.7 Å². The van der Waals surface area contributed by atoms with Crippen molar-refractivity contribution in [3.63, 3.8) is 0 Å². The van der Waals surface area contributed by atoms with Crippen LogP contribution in [-0.4, -0.2) is 11.9 Å². The van der Waals surface area contributed by atoms with Crippen molar-refractivity contribution in [2.45, 2.75) is 39.7 Å². The molecule has 0 heterocycles. The number of carbonyl (C=O) groups excluding carboxylic acids is 1. The van der Waals surface area contributed by atoms with Gasteiger partial charge in [-0.15, -0.1) is 0 Å². The van der Waals surface area contributed by atoms with Crippen LogP contribution in [0.1, 0.15) is 44.0 Å². The summed E-state index contributed by atoms with van der Waals surface area (Å²) in [4.78, 5) is 11.3. The van der Waals surface area contributed by atoms with Crippen molar-refractivity contribution >= 4 is 5.78 Å². The Labute approximate surface area is 95.4 Å². The van der Waals surface area contributed by atoms with Crippen LogP contribution in [0.15, 0.2) is 18.2 Å². The van der Waals surface area contributed by atoms with Crippen molar-refractivity contribution in [3.05, 3.63) is 29.6 Å². The van der Waals surface area contributed by atoms with Crippen LogP contribution in [0.3, 0.4) is 0 Å². The van der Waals surface area contributed by atoms with Crippen LogP contribution in [0.2, 0.25) is 0 Å². The van der Waals surface area contributed by atoms with Gasteiger partial charge in [0, 0.05) is 0 Å². The molecule has 0 radical (unpaired) electrons. The molecular weight excluding hydrogens is 207 g/mol. The van der Waals surface area contributed by atoms with Gasteiger partial charge in [0.15, 0.2) is 5.78 Å². The fraction of sp³-hybridized carbons (Fsp3) is 0.462. The number of ketones is 1. The van der Waals surface area contributed by atoms with Crippen molar-refractivity contribution in [1.29, 1.82) is 0 Å². The SMILES string of the molecule is CCCC(C)Oc1ccc(F)cc1C(C)=O. The van der Waals surface area contributed by atoms with E-state index in [9.17, 15) is 9.18 Å². The average molecular weight is 224 g/mol. The van der Waals surface area contributed by atoms with E-state index in [4.69, 9.17) is 4.74 Å². The first-order valence-corrected chi connectivity index (χ1v) is 5.51. The molecule has 0 amide bonds. The Morgan fingerprint density at radius 2 is 2.19 bits per heavy atom. The maximum atomic E-state index is 13.0. The lowest BCUT2D eigenvalue weighted by Gasteiger charge is -2.15. The van der Waals surface area contributed by atoms with E-state index < -0.39 is 5.82 Å². The van der Waals surface area contributed by atoms with Gasteiger partial charge < -0.3 is 4.74 Å². The second-order valence-corrected chi connectivity index (χ2v) is 3.91. The maximum Gasteiger partial charge on any atom is 0.163 e. The zero-order valence-electron chi connectivity index (χ0n) is 9.92. The largest absolute Gasteiger partial charge is 0.490 e. The highest BCUT2D eigenvalue weighted by atomic mass is 19.1. The van der Waals surface area contributed by atoms with E-state index in [1.54, 1.807) is 0 Å². The van der Waals surface area contributed by atoms with E-state index >= 15 is 0 Å². The topological polar surface area (TPSA) is 26.3 Å². The first-order chi connectivity index (χ1) is 7.54. The summed E-state index contributed by atoms with van der Waals surface area (Å²) in [6.45, 7) is 5.42. The molecule has 0 bridgehead atoms. The van der Waals surface area contributed by atoms with Crippen molar-refractivity contribution in [1.82, 2.24) is 0 Å². The van der Waals surface area contributed by atoms with Gasteiger partial charge in [0.2, 0.25) is 0 Å². The molecule has 0 saturated heterocycles. The third-order valence-electron chi connectivity index (χ3n) is 2.34. The lowest BCUT2D eigenvalue weighted by molar-refractivity contribution is 0.101. The van der Waals surface area contributed by atoms with Gasteiger partial charge in [-0.2, -0.15) is 0 Å². The lowest BCUT2D eigenvalue weighted by atomic mass is 10.1. The quantitative estimate of drug-likeness (QED) is 0.714. The molecule has 0 fully saturated rings. The molecule has 2 nitrogen and oxygen atoms in total. The van der Waals surface area contributed by atoms with Crippen LogP contribution in [0.4, 0.5) is 4.39 Å². The molecule has 0 N–H and O–H groups in total. The molecule has 1 atom stereocenters. The number of hydrogen-bond acceptors (Lipinski definition) is 2. The number of benzene rings is 1. The Morgan fingerprint density at radius 1 is 1.50 bits per heavy atom. The molecule has 1 aromatic carbocycles. The lowest BCUT2D eigenvalue weighted by Crippen LogP contribution is -2.13. The minimum absolute atomic E-state index is 0.0357. The zero-order valence-corrected chi connectivity index (χ0v) is 9.92. The third kappa shape index (κ3) is 3.33. The number of halogens is 1. The Morgan fingerprint density at radius 3 is 2.75 bits per heavy atom. The summed E-state index contributed by atoms with van der Waals surface area (Å²) < 4.78 is 18.6. The molecule has 3 heteroatoms. The monoisotopic (exact) mass is 224 g/mol. The molecule has 0 aliphatic carbocycles. The van der Waals surface area contributed by atoms with E-state index in [0.717, 1.165) is 12.8 Å². The van der Waals surface area contributed by atoms with E-state index in [1.807, 2.05) is 6.92 Å². The van der Waals surface area contributed by atoms with E-state index in [-0.39, 0.29) is 11.9 Å². The van der Waals surface area contributed by atoms with Crippen molar-refractivity contribution in [2.75, 3.05) is 0 Å². The van der Waals surface area contributed by atoms with Gasteiger partial charge in [0.1, 0.15) is 11.6 Å². The second-order valence-electron chi connectivity index (χ2n) is 3.91. The van der Waals surface area contributed by atoms with Gasteiger partial charge >= 0.3 is 0 Å². The van der Waals surface area contributed by atoms with Crippen molar-refractivity contribution in [3.8, 4) is 5.75 Å². The minimum atomic E-state index is -0.416. The average Bonchev–Trinajstić information content (AvgIpc) is 2.20. The van der Waals surface area contributed by atoms with Crippen LogP contribution >= 0.6 is 0 Å². The number of hydrogen-bond donors (Lipinski definition) is 0. The summed E-state index contributed by atoms with van der Waals surface area (Å²) in [6.07, 6.45) is 1.96. The Kier molecular flexibility index (Phi) is 4.47. The Hall–Kier alpha value is -1.38. The van der Waals surface area contributed by atoms with Crippen LogP contribution in [0, 0.1) is 5.82 Å². The molecule has 0 aromatic heterocycles. The molecule has 1 aromatic rings. The van der Waals surface area contributed by atoms with Crippen molar-refractivity contribution in [2.24, 2.45) is 0 Å². The number of rotatable bonds is 5. The van der Waals surface area contributed by atoms with E-state index in [0.29, 0.717) is 11.3 Å². The van der Waals surface area contributed by atoms with Gasteiger partial charge in [-0.3, -0.25) is 4.79 Å². The fourth-order valence-electron chi connectivity index (χ4n) is 1.56. The van der Waals surface area contributed by atoms with Gasteiger partial charge in [0.25, 0.3) is 0 Å². The van der Waals surface area contributed by atoms with E-state index in [1.165, 1.54) is 25.1 Å². The maximum absolute atomic E-state index is 13.0. The highest BCUT2D eigenvalue weighted by Crippen LogP contribution is 2.22. The first kappa shape index (κ1) is 12.7. The molecule has 0 spiro atoms. The summed E-state index contributed by atoms with van der Waals surface area (Å²) in [6, 6.07) is 4.04. The number of carbonyl (C=O) groups is 1. The molecule has 0 aliphatic heterocycles. The summed E-state index contributed by atoms with van der Waals surface area (Å²) in [5, 5.41) is 0. The first-order valence-electron chi connectivity index (χ1n) is 5.51. The van der Waals surface area contributed by atoms with Crippen LogP contribution < -0.4 is 4.74 Å². The Bertz CT molecular complexity index is 374. The molecule has 0 saturated carbocycles. The number of ether oxygens (including phenoxy) is 1. The fourth-order valence-corrected chi connectivity index (χ4v) is 1.56. The van der Waals surface area contributed by atoms with Crippen LogP contribution in [-0.2, 0) is 0 Å².